The van der Waals surface area contributed by atoms with E-state index in [0.29, 0.717) is 11.6 Å². The first-order valence-electron chi connectivity index (χ1n) is 7.75. The quantitative estimate of drug-likeness (QED) is 0.533. The summed E-state index contributed by atoms with van der Waals surface area (Å²) in [4.78, 5) is 28.8. The number of pyridine rings is 1. The molecule has 0 aliphatic heterocycles. The molecule has 9 heteroatoms. The molecule has 27 heavy (non-hydrogen) atoms. The van der Waals surface area contributed by atoms with E-state index in [-0.39, 0.29) is 18.1 Å². The lowest BCUT2D eigenvalue weighted by atomic mass is 10.2. The van der Waals surface area contributed by atoms with Crippen LogP contribution in [-0.2, 0) is 0 Å². The number of amides is 2. The van der Waals surface area contributed by atoms with Crippen molar-refractivity contribution in [2.75, 3.05) is 11.9 Å². The average molecular weight is 374 g/mol. The number of nitrogens with one attached hydrogen (secondary N) is 2. The van der Waals surface area contributed by atoms with Crippen molar-refractivity contribution in [1.82, 2.24) is 14.7 Å². The van der Waals surface area contributed by atoms with Gasteiger partial charge in [-0.2, -0.15) is 0 Å². The predicted molar refractivity (Wildman–Crippen MR) is 92.0 cm³/mol. The number of nitrogens with zero attached hydrogens (tertiary/aromatic N) is 2. The molecule has 3 aromatic rings. The Morgan fingerprint density at radius 2 is 1.89 bits per heavy atom. The maximum atomic E-state index is 13.8. The Bertz CT molecular complexity index is 1060. The lowest BCUT2D eigenvalue weighted by Crippen LogP contribution is -2.24. The van der Waals surface area contributed by atoms with Crippen LogP contribution in [0.25, 0.3) is 5.52 Å². The van der Waals surface area contributed by atoms with Crippen LogP contribution in [0, 0.1) is 17.5 Å². The number of carbonyl (C=O) groups excluding carboxylic acids is 2. The molecule has 2 amide bonds. The molecule has 3 rings (SSSR count). The zero-order valence-corrected chi connectivity index (χ0v) is 13.8. The standard InChI is InChI=1S/C18H13F3N4O2/c1-2-8-22-17(26)15-12-5-3-4-9-25(12)16(24-15)18(27)23-11-7-6-10(19)13(20)14(11)21/h2-7,9H,1,8H2,(H,22,26)(H,23,27). The summed E-state index contributed by atoms with van der Waals surface area (Å²) in [5, 5.41) is 4.68. The molecule has 0 radical (unpaired) electrons. The first-order valence-corrected chi connectivity index (χ1v) is 7.75. The number of benzene rings is 1. The lowest BCUT2D eigenvalue weighted by Gasteiger charge is -2.06. The van der Waals surface area contributed by atoms with E-state index in [1.165, 1.54) is 16.7 Å². The van der Waals surface area contributed by atoms with Gasteiger partial charge in [0, 0.05) is 12.7 Å². The summed E-state index contributed by atoms with van der Waals surface area (Å²) in [5.41, 5.74) is -0.229. The van der Waals surface area contributed by atoms with Crippen LogP contribution in [0.15, 0.2) is 49.2 Å². The fourth-order valence-electron chi connectivity index (χ4n) is 2.41. The zero-order valence-electron chi connectivity index (χ0n) is 13.8. The Kier molecular flexibility index (Phi) is 4.93. The minimum Gasteiger partial charge on any atom is -0.347 e. The van der Waals surface area contributed by atoms with Crippen LogP contribution in [0.5, 0.6) is 0 Å². The lowest BCUT2D eigenvalue weighted by molar-refractivity contribution is 0.0955. The van der Waals surface area contributed by atoms with Gasteiger partial charge in [0.2, 0.25) is 5.82 Å². The molecule has 0 spiro atoms. The van der Waals surface area contributed by atoms with Gasteiger partial charge < -0.3 is 10.6 Å². The van der Waals surface area contributed by atoms with Gasteiger partial charge >= 0.3 is 0 Å². The summed E-state index contributed by atoms with van der Waals surface area (Å²) in [6.07, 6.45) is 2.97. The van der Waals surface area contributed by atoms with E-state index >= 15 is 0 Å². The van der Waals surface area contributed by atoms with Crippen LogP contribution in [0.4, 0.5) is 18.9 Å². The molecular formula is C18H13F3N4O2. The smallest absolute Gasteiger partial charge is 0.292 e. The summed E-state index contributed by atoms with van der Waals surface area (Å²) in [7, 11) is 0. The van der Waals surface area contributed by atoms with Crippen molar-refractivity contribution in [3.63, 3.8) is 0 Å². The molecular weight excluding hydrogens is 361 g/mol. The number of hydrogen-bond donors (Lipinski definition) is 2. The second-order valence-corrected chi connectivity index (χ2v) is 5.42. The second-order valence-electron chi connectivity index (χ2n) is 5.42. The number of rotatable bonds is 5. The number of hydrogen-bond acceptors (Lipinski definition) is 3. The summed E-state index contributed by atoms with van der Waals surface area (Å²) in [6, 6.07) is 6.41. The highest BCUT2D eigenvalue weighted by molar-refractivity contribution is 6.06. The summed E-state index contributed by atoms with van der Waals surface area (Å²) >= 11 is 0. The molecule has 6 nitrogen and oxygen atoms in total. The number of imidazole rings is 1. The molecule has 0 bridgehead atoms. The largest absolute Gasteiger partial charge is 0.347 e. The fourth-order valence-corrected chi connectivity index (χ4v) is 2.41. The first kappa shape index (κ1) is 18.2. The van der Waals surface area contributed by atoms with E-state index in [4.69, 9.17) is 0 Å². The van der Waals surface area contributed by atoms with Gasteiger partial charge in [-0.3, -0.25) is 14.0 Å². The molecule has 1 aromatic carbocycles. The molecule has 2 N–H and O–H groups in total. The van der Waals surface area contributed by atoms with Gasteiger partial charge in [0.1, 0.15) is 0 Å². The number of anilines is 1. The minimum atomic E-state index is -1.70. The van der Waals surface area contributed by atoms with Crippen molar-refractivity contribution >= 4 is 23.0 Å². The van der Waals surface area contributed by atoms with Crippen molar-refractivity contribution < 1.29 is 22.8 Å². The van der Waals surface area contributed by atoms with Crippen LogP contribution in [0.3, 0.4) is 0 Å². The van der Waals surface area contributed by atoms with E-state index in [9.17, 15) is 22.8 Å². The molecule has 2 heterocycles. The van der Waals surface area contributed by atoms with E-state index < -0.39 is 35.0 Å². The first-order chi connectivity index (χ1) is 12.9. The predicted octanol–water partition coefficient (Wildman–Crippen LogP) is 2.92. The monoisotopic (exact) mass is 374 g/mol. The van der Waals surface area contributed by atoms with Crippen molar-refractivity contribution in [3.05, 3.63) is 78.2 Å². The van der Waals surface area contributed by atoms with Gasteiger partial charge in [0.15, 0.2) is 23.1 Å². The van der Waals surface area contributed by atoms with Gasteiger partial charge in [-0.25, -0.2) is 18.2 Å². The van der Waals surface area contributed by atoms with Crippen LogP contribution in [0.2, 0.25) is 0 Å². The fraction of sp³-hybridized carbons (Fsp3) is 0.0556. The molecule has 138 valence electrons. The highest BCUT2D eigenvalue weighted by Crippen LogP contribution is 2.21. The molecule has 0 fully saturated rings. The zero-order chi connectivity index (χ0) is 19.6. The minimum absolute atomic E-state index is 0.0200. The molecule has 0 atom stereocenters. The second kappa shape index (κ2) is 7.32. The Morgan fingerprint density at radius 1 is 1.11 bits per heavy atom. The van der Waals surface area contributed by atoms with Gasteiger partial charge in [-0.05, 0) is 24.3 Å². The van der Waals surface area contributed by atoms with Gasteiger partial charge in [0.05, 0.1) is 11.2 Å². The maximum absolute atomic E-state index is 13.8. The molecule has 0 unspecified atom stereocenters. The van der Waals surface area contributed by atoms with Gasteiger partial charge in [0.25, 0.3) is 11.8 Å². The topological polar surface area (TPSA) is 75.5 Å². The normalized spacial score (nSPS) is 10.6. The third-order valence-electron chi connectivity index (χ3n) is 3.66. The van der Waals surface area contributed by atoms with Crippen LogP contribution < -0.4 is 10.6 Å². The molecule has 2 aromatic heterocycles. The third-order valence-corrected chi connectivity index (χ3v) is 3.66. The molecule has 0 saturated heterocycles. The molecule has 0 aliphatic carbocycles. The number of halogens is 3. The van der Waals surface area contributed by atoms with Crippen molar-refractivity contribution in [2.45, 2.75) is 0 Å². The average Bonchev–Trinajstić information content (AvgIpc) is 3.06. The van der Waals surface area contributed by atoms with E-state index in [1.807, 2.05) is 0 Å². The van der Waals surface area contributed by atoms with E-state index in [2.05, 4.69) is 22.2 Å². The SMILES string of the molecule is C=CCNC(=O)c1nc(C(=O)Nc2ccc(F)c(F)c2F)n2ccccc12. The Balaban J connectivity index is 1.99. The Morgan fingerprint density at radius 3 is 2.63 bits per heavy atom. The summed E-state index contributed by atoms with van der Waals surface area (Å²) in [6.45, 7) is 3.69. The van der Waals surface area contributed by atoms with E-state index in [0.717, 1.165) is 6.07 Å². The van der Waals surface area contributed by atoms with Crippen LogP contribution in [-0.4, -0.2) is 27.7 Å². The van der Waals surface area contributed by atoms with Crippen molar-refractivity contribution in [1.29, 1.82) is 0 Å². The maximum Gasteiger partial charge on any atom is 0.292 e. The molecule has 0 aliphatic rings. The third kappa shape index (κ3) is 3.39. The van der Waals surface area contributed by atoms with Gasteiger partial charge in [-0.1, -0.05) is 12.1 Å². The van der Waals surface area contributed by atoms with Crippen molar-refractivity contribution in [3.8, 4) is 0 Å². The highest BCUT2D eigenvalue weighted by Gasteiger charge is 2.23. The Hall–Kier alpha value is -3.62. The van der Waals surface area contributed by atoms with Crippen molar-refractivity contribution in [2.24, 2.45) is 0 Å². The number of aromatic nitrogens is 2. The summed E-state index contributed by atoms with van der Waals surface area (Å²) < 4.78 is 41.5. The molecule has 0 saturated carbocycles. The number of carbonyl (C=O) groups is 2. The highest BCUT2D eigenvalue weighted by atomic mass is 19.2. The summed E-state index contributed by atoms with van der Waals surface area (Å²) in [5.74, 6) is -6.27. The van der Waals surface area contributed by atoms with Gasteiger partial charge in [-0.15, -0.1) is 6.58 Å². The van der Waals surface area contributed by atoms with Crippen LogP contribution >= 0.6 is 0 Å². The van der Waals surface area contributed by atoms with Crippen LogP contribution in [0.1, 0.15) is 21.1 Å². The van der Waals surface area contributed by atoms with E-state index in [1.54, 1.807) is 18.2 Å². The Labute approximate surface area is 151 Å². The number of fused-ring (bicyclic) bond motifs is 1.